The number of phenolic OH excluding ortho intramolecular Hbond substituents is 1. The van der Waals surface area contributed by atoms with Crippen molar-refractivity contribution in [3.8, 4) is 5.75 Å². The second-order valence-corrected chi connectivity index (χ2v) is 3.60. The normalized spacial score (nSPS) is 9.62. The van der Waals surface area contributed by atoms with Crippen molar-refractivity contribution in [3.63, 3.8) is 0 Å². The molecule has 16 heavy (non-hydrogen) atoms. The molecule has 4 heteroatoms. The van der Waals surface area contributed by atoms with Crippen LogP contribution in [0.5, 0.6) is 5.75 Å². The summed E-state index contributed by atoms with van der Waals surface area (Å²) in [5.74, 6) is -0.280. The minimum Gasteiger partial charge on any atom is -0.507 e. The summed E-state index contributed by atoms with van der Waals surface area (Å²) in [6.07, 6.45) is 0. The number of nitrogens with zero attached hydrogens (tertiary/aromatic N) is 1. The van der Waals surface area contributed by atoms with Gasteiger partial charge in [-0.05, 0) is 26.0 Å². The lowest BCUT2D eigenvalue weighted by molar-refractivity contribution is 0.0952. The molecule has 4 nitrogen and oxygen atoms in total. The van der Waals surface area contributed by atoms with Gasteiger partial charge in [0.15, 0.2) is 0 Å². The van der Waals surface area contributed by atoms with Crippen LogP contribution in [0.1, 0.15) is 24.2 Å². The molecule has 1 rings (SSSR count). The van der Waals surface area contributed by atoms with Crippen LogP contribution in [0.2, 0.25) is 0 Å². The van der Waals surface area contributed by atoms with Crippen LogP contribution in [0.15, 0.2) is 29.3 Å². The zero-order valence-corrected chi connectivity index (χ0v) is 9.53. The lowest BCUT2D eigenvalue weighted by Gasteiger charge is -2.05. The maximum Gasteiger partial charge on any atom is 0.255 e. The molecular weight excluding hydrogens is 204 g/mol. The van der Waals surface area contributed by atoms with E-state index in [0.717, 1.165) is 5.71 Å². The summed E-state index contributed by atoms with van der Waals surface area (Å²) in [4.78, 5) is 15.7. The van der Waals surface area contributed by atoms with Gasteiger partial charge in [0.05, 0.1) is 12.1 Å². The van der Waals surface area contributed by atoms with E-state index in [4.69, 9.17) is 0 Å². The van der Waals surface area contributed by atoms with Crippen LogP contribution < -0.4 is 5.32 Å². The zero-order chi connectivity index (χ0) is 12.0. The van der Waals surface area contributed by atoms with Crippen LogP contribution in [0.25, 0.3) is 0 Å². The molecule has 0 aliphatic carbocycles. The Morgan fingerprint density at radius 3 is 2.69 bits per heavy atom. The van der Waals surface area contributed by atoms with Crippen molar-refractivity contribution in [2.45, 2.75) is 13.8 Å². The molecule has 1 aromatic rings. The number of hydrogen-bond acceptors (Lipinski definition) is 3. The van der Waals surface area contributed by atoms with Gasteiger partial charge in [0, 0.05) is 12.3 Å². The molecule has 0 bridgehead atoms. The highest BCUT2D eigenvalue weighted by Gasteiger charge is 2.08. The van der Waals surface area contributed by atoms with E-state index in [-0.39, 0.29) is 11.7 Å². The average Bonchev–Trinajstić information content (AvgIpc) is 2.24. The molecule has 0 saturated carbocycles. The van der Waals surface area contributed by atoms with Crippen molar-refractivity contribution in [2.24, 2.45) is 4.99 Å². The second-order valence-electron chi connectivity index (χ2n) is 3.60. The maximum atomic E-state index is 11.6. The maximum absolute atomic E-state index is 11.6. The SMILES string of the molecule is CC(C)=NCCNC(=O)c1ccccc1O. The fourth-order valence-electron chi connectivity index (χ4n) is 1.21. The highest BCUT2D eigenvalue weighted by atomic mass is 16.3. The molecule has 0 saturated heterocycles. The standard InChI is InChI=1S/C12H16N2O2/c1-9(2)13-7-8-14-12(16)10-5-3-4-6-11(10)15/h3-6,15H,7-8H2,1-2H3,(H,14,16). The smallest absolute Gasteiger partial charge is 0.255 e. The highest BCUT2D eigenvalue weighted by molar-refractivity contribution is 5.96. The van der Waals surface area contributed by atoms with Crippen LogP contribution >= 0.6 is 0 Å². The monoisotopic (exact) mass is 220 g/mol. The Balaban J connectivity index is 2.48. The number of carbonyl (C=O) groups excluding carboxylic acids is 1. The van der Waals surface area contributed by atoms with Crippen LogP contribution in [0, 0.1) is 0 Å². The predicted molar refractivity (Wildman–Crippen MR) is 64.1 cm³/mol. The summed E-state index contributed by atoms with van der Waals surface area (Å²) in [6.45, 7) is 4.84. The molecule has 0 unspecified atom stereocenters. The zero-order valence-electron chi connectivity index (χ0n) is 9.53. The third-order valence-corrected chi connectivity index (χ3v) is 1.97. The Labute approximate surface area is 95.0 Å². The van der Waals surface area contributed by atoms with Crippen LogP contribution in [0.4, 0.5) is 0 Å². The number of hydrogen-bond donors (Lipinski definition) is 2. The second kappa shape index (κ2) is 5.90. The van der Waals surface area contributed by atoms with Crippen molar-refractivity contribution in [2.75, 3.05) is 13.1 Å². The molecule has 0 aliphatic heterocycles. The minimum absolute atomic E-state index is 0.00447. The van der Waals surface area contributed by atoms with Crippen molar-refractivity contribution in [1.82, 2.24) is 5.32 Å². The molecule has 1 amide bonds. The van der Waals surface area contributed by atoms with E-state index in [0.29, 0.717) is 18.7 Å². The molecule has 0 heterocycles. The quantitative estimate of drug-likeness (QED) is 0.598. The third-order valence-electron chi connectivity index (χ3n) is 1.97. The van der Waals surface area contributed by atoms with Crippen molar-refractivity contribution >= 4 is 11.6 Å². The number of rotatable bonds is 4. The molecule has 0 atom stereocenters. The summed E-state index contributed by atoms with van der Waals surface area (Å²) in [5, 5.41) is 12.1. The van der Waals surface area contributed by atoms with E-state index < -0.39 is 0 Å². The van der Waals surface area contributed by atoms with Gasteiger partial charge >= 0.3 is 0 Å². The Kier molecular flexibility index (Phi) is 4.51. The first-order valence-corrected chi connectivity index (χ1v) is 5.15. The van der Waals surface area contributed by atoms with E-state index in [9.17, 15) is 9.90 Å². The van der Waals surface area contributed by atoms with Crippen molar-refractivity contribution < 1.29 is 9.90 Å². The van der Waals surface area contributed by atoms with Gasteiger partial charge in [-0.25, -0.2) is 0 Å². The fourth-order valence-corrected chi connectivity index (χ4v) is 1.21. The Bertz CT molecular complexity index is 396. The summed E-state index contributed by atoms with van der Waals surface area (Å²) < 4.78 is 0. The summed E-state index contributed by atoms with van der Waals surface area (Å²) >= 11 is 0. The van der Waals surface area contributed by atoms with Gasteiger partial charge in [-0.3, -0.25) is 9.79 Å². The molecule has 2 N–H and O–H groups in total. The number of nitrogens with one attached hydrogen (secondary N) is 1. The van der Waals surface area contributed by atoms with E-state index >= 15 is 0 Å². The number of phenols is 1. The number of benzene rings is 1. The van der Waals surface area contributed by atoms with Gasteiger partial charge in [0.25, 0.3) is 5.91 Å². The number of para-hydroxylation sites is 1. The summed E-state index contributed by atoms with van der Waals surface area (Å²) in [6, 6.07) is 6.46. The van der Waals surface area contributed by atoms with Gasteiger partial charge in [-0.15, -0.1) is 0 Å². The molecule has 0 aliphatic rings. The van der Waals surface area contributed by atoms with E-state index in [2.05, 4.69) is 10.3 Å². The average molecular weight is 220 g/mol. The van der Waals surface area contributed by atoms with Gasteiger partial charge < -0.3 is 10.4 Å². The lowest BCUT2D eigenvalue weighted by Crippen LogP contribution is -2.26. The molecule has 0 radical (unpaired) electrons. The number of amides is 1. The molecule has 0 fully saturated rings. The first kappa shape index (κ1) is 12.2. The van der Waals surface area contributed by atoms with Crippen LogP contribution in [-0.4, -0.2) is 29.8 Å². The van der Waals surface area contributed by atoms with Crippen molar-refractivity contribution in [1.29, 1.82) is 0 Å². The van der Waals surface area contributed by atoms with E-state index in [1.54, 1.807) is 18.2 Å². The largest absolute Gasteiger partial charge is 0.507 e. The topological polar surface area (TPSA) is 61.7 Å². The van der Waals surface area contributed by atoms with Gasteiger partial charge in [-0.1, -0.05) is 12.1 Å². The molecular formula is C12H16N2O2. The third kappa shape index (κ3) is 3.73. The summed E-state index contributed by atoms with van der Waals surface area (Å²) in [5.41, 5.74) is 1.27. The van der Waals surface area contributed by atoms with Gasteiger partial charge in [0.1, 0.15) is 5.75 Å². The predicted octanol–water partition coefficient (Wildman–Crippen LogP) is 1.60. The van der Waals surface area contributed by atoms with Crippen LogP contribution in [0.3, 0.4) is 0 Å². The first-order chi connectivity index (χ1) is 7.61. The highest BCUT2D eigenvalue weighted by Crippen LogP contribution is 2.14. The fraction of sp³-hybridized carbons (Fsp3) is 0.333. The molecule has 1 aromatic carbocycles. The van der Waals surface area contributed by atoms with E-state index in [1.807, 2.05) is 13.8 Å². The molecule has 0 aromatic heterocycles. The Hall–Kier alpha value is -1.84. The Morgan fingerprint density at radius 1 is 1.38 bits per heavy atom. The van der Waals surface area contributed by atoms with Gasteiger partial charge in [-0.2, -0.15) is 0 Å². The van der Waals surface area contributed by atoms with Gasteiger partial charge in [0.2, 0.25) is 0 Å². The van der Waals surface area contributed by atoms with Crippen LogP contribution in [-0.2, 0) is 0 Å². The number of carbonyl (C=O) groups is 1. The first-order valence-electron chi connectivity index (χ1n) is 5.15. The van der Waals surface area contributed by atoms with E-state index in [1.165, 1.54) is 6.07 Å². The minimum atomic E-state index is -0.276. The number of aliphatic imine (C=N–C) groups is 1. The molecule has 0 spiro atoms. The van der Waals surface area contributed by atoms with Crippen molar-refractivity contribution in [3.05, 3.63) is 29.8 Å². The number of aromatic hydroxyl groups is 1. The molecule has 86 valence electrons. The lowest BCUT2D eigenvalue weighted by atomic mass is 10.2. The Morgan fingerprint density at radius 2 is 2.06 bits per heavy atom. The summed E-state index contributed by atoms with van der Waals surface area (Å²) in [7, 11) is 0.